The van der Waals surface area contributed by atoms with Crippen molar-refractivity contribution in [1.29, 1.82) is 0 Å². The molecule has 3 heterocycles. The van der Waals surface area contributed by atoms with Gasteiger partial charge in [-0.05, 0) is 67.9 Å². The number of aromatic nitrogens is 3. The van der Waals surface area contributed by atoms with Crippen LogP contribution in [0.25, 0.3) is 11.1 Å². The van der Waals surface area contributed by atoms with E-state index in [1.165, 1.54) is 6.07 Å². The Bertz CT molecular complexity index is 1230. The number of oxime groups is 1. The second kappa shape index (κ2) is 11.1. The van der Waals surface area contributed by atoms with Crippen LogP contribution in [0.15, 0.2) is 47.9 Å². The highest BCUT2D eigenvalue weighted by Crippen LogP contribution is 2.38. The second-order valence-corrected chi connectivity index (χ2v) is 9.11. The fourth-order valence-electron chi connectivity index (χ4n) is 4.96. The summed E-state index contributed by atoms with van der Waals surface area (Å²) in [6, 6.07) is 8.65. The van der Waals surface area contributed by atoms with Gasteiger partial charge in [0.15, 0.2) is 6.29 Å². The summed E-state index contributed by atoms with van der Waals surface area (Å²) in [5, 5.41) is 4.48. The van der Waals surface area contributed by atoms with Crippen molar-refractivity contribution in [3.05, 3.63) is 71.1 Å². The Labute approximate surface area is 209 Å². The molecule has 1 unspecified atom stereocenters. The SMILES string of the molecule is Cc1nc(N)nc2c1/C(=N/OCCOC1CCCCO1)C[C@@H](c1ccc(F)cc1-c1cccnc1)C2. The molecular formula is C27H30FN5O3. The first kappa shape index (κ1) is 24.3. The predicted molar refractivity (Wildman–Crippen MR) is 134 cm³/mol. The lowest BCUT2D eigenvalue weighted by Crippen LogP contribution is -2.25. The van der Waals surface area contributed by atoms with Crippen molar-refractivity contribution in [3.8, 4) is 11.1 Å². The van der Waals surface area contributed by atoms with Gasteiger partial charge in [0.05, 0.1) is 23.7 Å². The van der Waals surface area contributed by atoms with E-state index < -0.39 is 0 Å². The fourth-order valence-corrected chi connectivity index (χ4v) is 4.96. The van der Waals surface area contributed by atoms with Crippen LogP contribution in [0.3, 0.4) is 0 Å². The number of hydrogen-bond donors (Lipinski definition) is 1. The summed E-state index contributed by atoms with van der Waals surface area (Å²) in [5.74, 6) is -0.0775. The first-order chi connectivity index (χ1) is 17.6. The average Bonchev–Trinajstić information content (AvgIpc) is 2.89. The molecule has 5 rings (SSSR count). The highest BCUT2D eigenvalue weighted by Gasteiger charge is 2.30. The largest absolute Gasteiger partial charge is 0.393 e. The molecule has 2 N–H and O–H groups in total. The summed E-state index contributed by atoms with van der Waals surface area (Å²) in [5.41, 5.74) is 11.8. The Morgan fingerprint density at radius 2 is 2.08 bits per heavy atom. The van der Waals surface area contributed by atoms with Gasteiger partial charge in [-0.25, -0.2) is 14.4 Å². The number of anilines is 1. The lowest BCUT2D eigenvalue weighted by atomic mass is 9.78. The molecule has 1 aliphatic heterocycles. The van der Waals surface area contributed by atoms with Crippen molar-refractivity contribution < 1.29 is 18.7 Å². The number of hydrogen-bond acceptors (Lipinski definition) is 8. The van der Waals surface area contributed by atoms with E-state index in [9.17, 15) is 4.39 Å². The van der Waals surface area contributed by atoms with Crippen LogP contribution in [0.5, 0.6) is 0 Å². The number of pyridine rings is 1. The van der Waals surface area contributed by atoms with Crippen molar-refractivity contribution in [3.63, 3.8) is 0 Å². The van der Waals surface area contributed by atoms with Gasteiger partial charge in [-0.2, -0.15) is 0 Å². The van der Waals surface area contributed by atoms with Crippen LogP contribution < -0.4 is 5.73 Å². The van der Waals surface area contributed by atoms with Crippen LogP contribution in [-0.4, -0.2) is 46.8 Å². The maximum atomic E-state index is 14.3. The van der Waals surface area contributed by atoms with Gasteiger partial charge in [-0.3, -0.25) is 4.98 Å². The molecule has 1 aromatic carbocycles. The highest BCUT2D eigenvalue weighted by atomic mass is 19.1. The molecule has 3 aromatic rings. The monoisotopic (exact) mass is 491 g/mol. The number of halogens is 1. The molecule has 1 fully saturated rings. The lowest BCUT2D eigenvalue weighted by Gasteiger charge is -2.28. The van der Waals surface area contributed by atoms with E-state index in [4.69, 9.17) is 20.0 Å². The van der Waals surface area contributed by atoms with Crippen LogP contribution in [0.2, 0.25) is 0 Å². The molecule has 0 spiro atoms. The first-order valence-electron chi connectivity index (χ1n) is 12.3. The third-order valence-corrected chi connectivity index (χ3v) is 6.57. The number of ether oxygens (including phenoxy) is 2. The molecule has 8 nitrogen and oxygen atoms in total. The van der Waals surface area contributed by atoms with Gasteiger partial charge in [0.2, 0.25) is 5.95 Å². The van der Waals surface area contributed by atoms with Gasteiger partial charge in [0.1, 0.15) is 12.4 Å². The average molecular weight is 492 g/mol. The topological polar surface area (TPSA) is 105 Å². The van der Waals surface area contributed by atoms with Crippen molar-refractivity contribution >= 4 is 11.7 Å². The van der Waals surface area contributed by atoms with Crippen molar-refractivity contribution in [2.45, 2.75) is 51.2 Å². The predicted octanol–water partition coefficient (Wildman–Crippen LogP) is 4.56. The summed E-state index contributed by atoms with van der Waals surface area (Å²) in [6.07, 6.45) is 7.58. The molecule has 1 saturated heterocycles. The number of nitrogen functional groups attached to an aromatic ring is 1. The van der Waals surface area contributed by atoms with Gasteiger partial charge in [-0.1, -0.05) is 17.3 Å². The smallest absolute Gasteiger partial charge is 0.220 e. The number of rotatable bonds is 7. The van der Waals surface area contributed by atoms with E-state index in [1.807, 2.05) is 25.1 Å². The Hall–Kier alpha value is -3.43. The molecular weight excluding hydrogens is 461 g/mol. The molecule has 188 valence electrons. The molecule has 1 aliphatic carbocycles. The summed E-state index contributed by atoms with van der Waals surface area (Å²) in [4.78, 5) is 18.8. The van der Waals surface area contributed by atoms with E-state index >= 15 is 0 Å². The maximum Gasteiger partial charge on any atom is 0.220 e. The Morgan fingerprint density at radius 1 is 1.17 bits per heavy atom. The van der Waals surface area contributed by atoms with Gasteiger partial charge >= 0.3 is 0 Å². The molecule has 2 aliphatic rings. The number of fused-ring (bicyclic) bond motifs is 1. The van der Waals surface area contributed by atoms with E-state index in [0.717, 1.165) is 65.2 Å². The molecule has 2 aromatic heterocycles. The van der Waals surface area contributed by atoms with E-state index in [1.54, 1.807) is 18.5 Å². The normalized spacial score (nSPS) is 20.8. The van der Waals surface area contributed by atoms with Crippen LogP contribution in [0.4, 0.5) is 10.3 Å². The number of nitrogens with two attached hydrogens (primary N) is 1. The molecule has 2 atom stereocenters. The van der Waals surface area contributed by atoms with Crippen LogP contribution >= 0.6 is 0 Å². The minimum absolute atomic E-state index is 0.00348. The Kier molecular flexibility index (Phi) is 7.48. The van der Waals surface area contributed by atoms with Crippen LogP contribution in [-0.2, 0) is 20.7 Å². The van der Waals surface area contributed by atoms with Gasteiger partial charge in [0, 0.05) is 36.5 Å². The van der Waals surface area contributed by atoms with Gasteiger partial charge in [0.25, 0.3) is 0 Å². The third-order valence-electron chi connectivity index (χ3n) is 6.57. The van der Waals surface area contributed by atoms with E-state index in [-0.39, 0.29) is 24.0 Å². The number of nitrogens with zero attached hydrogens (tertiary/aromatic N) is 4. The highest BCUT2D eigenvalue weighted by molar-refractivity contribution is 6.03. The van der Waals surface area contributed by atoms with Crippen LogP contribution in [0.1, 0.15) is 54.1 Å². The van der Waals surface area contributed by atoms with E-state index in [2.05, 4.69) is 20.1 Å². The lowest BCUT2D eigenvalue weighted by molar-refractivity contribution is -0.169. The van der Waals surface area contributed by atoms with Gasteiger partial charge in [-0.15, -0.1) is 0 Å². The summed E-state index contributed by atoms with van der Waals surface area (Å²) in [6.45, 7) is 3.32. The molecule has 0 saturated carbocycles. The Balaban J connectivity index is 1.40. The number of benzene rings is 1. The molecule has 0 bridgehead atoms. The zero-order valence-electron chi connectivity index (χ0n) is 20.3. The van der Waals surface area contributed by atoms with Gasteiger partial charge < -0.3 is 20.0 Å². The zero-order chi connectivity index (χ0) is 24.9. The molecule has 0 amide bonds. The summed E-state index contributed by atoms with van der Waals surface area (Å²) < 4.78 is 25.6. The van der Waals surface area contributed by atoms with Crippen molar-refractivity contribution in [1.82, 2.24) is 15.0 Å². The first-order valence-corrected chi connectivity index (χ1v) is 12.3. The zero-order valence-corrected chi connectivity index (χ0v) is 20.3. The molecule has 0 radical (unpaired) electrons. The minimum Gasteiger partial charge on any atom is -0.393 e. The standard InChI is InChI=1S/C27H30FN5O3/c1-17-26-23(32-27(29)31-17)13-19(14-24(26)33-36-12-11-35-25-6-2-3-10-34-25)21-8-7-20(28)15-22(21)18-5-4-9-30-16-18/h4-5,7-9,15-16,19,25H,2-3,6,10-14H2,1H3,(H2,29,31,32)/b33-24+/t19-,25?/m0/s1. The summed E-state index contributed by atoms with van der Waals surface area (Å²) in [7, 11) is 0. The minimum atomic E-state index is -0.296. The van der Waals surface area contributed by atoms with E-state index in [0.29, 0.717) is 26.1 Å². The Morgan fingerprint density at radius 3 is 2.89 bits per heavy atom. The quantitative estimate of drug-likeness (QED) is 0.381. The maximum absolute atomic E-state index is 14.3. The van der Waals surface area contributed by atoms with Crippen molar-refractivity contribution in [2.75, 3.05) is 25.6 Å². The fraction of sp³-hybridized carbons (Fsp3) is 0.407. The summed E-state index contributed by atoms with van der Waals surface area (Å²) >= 11 is 0. The number of aryl methyl sites for hydroxylation is 1. The molecule has 9 heteroatoms. The second-order valence-electron chi connectivity index (χ2n) is 9.11. The van der Waals surface area contributed by atoms with Crippen molar-refractivity contribution in [2.24, 2.45) is 5.16 Å². The van der Waals surface area contributed by atoms with Crippen LogP contribution in [0, 0.1) is 12.7 Å². The molecule has 36 heavy (non-hydrogen) atoms. The third kappa shape index (κ3) is 5.52.